The first-order valence-corrected chi connectivity index (χ1v) is 14.9. The molecule has 4 aromatic rings. The number of nitrogens with zero attached hydrogens (tertiary/aromatic N) is 3. The average Bonchev–Trinajstić information content (AvgIpc) is 3.50. The van der Waals surface area contributed by atoms with Crippen molar-refractivity contribution in [2.24, 2.45) is 13.0 Å². The van der Waals surface area contributed by atoms with Crippen molar-refractivity contribution in [2.75, 3.05) is 34.0 Å². The summed E-state index contributed by atoms with van der Waals surface area (Å²) in [6.45, 7) is 7.98. The number of methoxy groups -OCH3 is 2. The Labute approximate surface area is 254 Å². The summed E-state index contributed by atoms with van der Waals surface area (Å²) in [5.41, 5.74) is 5.13. The summed E-state index contributed by atoms with van der Waals surface area (Å²) in [5, 5.41) is 4.86. The molecule has 0 radical (unpaired) electrons. The number of ether oxygens (including phenoxy) is 4. The van der Waals surface area contributed by atoms with Crippen molar-refractivity contribution in [3.05, 3.63) is 89.1 Å². The lowest BCUT2D eigenvalue weighted by Gasteiger charge is -2.27. The number of benzene rings is 3. The molecule has 8 heteroatoms. The fourth-order valence-corrected chi connectivity index (χ4v) is 5.62. The maximum absolute atomic E-state index is 14.1. The second kappa shape index (κ2) is 13.2. The molecule has 3 aromatic carbocycles. The van der Waals surface area contributed by atoms with Gasteiger partial charge in [-0.2, -0.15) is 5.10 Å². The molecule has 0 saturated heterocycles. The SMILES string of the molecule is CCOc1cc([C@@H]2c3c(-c4ccc(OC)c(OC)c4)nn(C)c3C(=O)N2CCc2ccccc2)ccc1OCCC(C)C. The third-order valence-corrected chi connectivity index (χ3v) is 7.81. The Bertz CT molecular complexity index is 1560. The van der Waals surface area contributed by atoms with Crippen LogP contribution >= 0.6 is 0 Å². The van der Waals surface area contributed by atoms with E-state index in [1.54, 1.807) is 18.9 Å². The van der Waals surface area contributed by atoms with Gasteiger partial charge in [0.25, 0.3) is 5.91 Å². The molecule has 0 N–H and O–H groups in total. The van der Waals surface area contributed by atoms with Crippen LogP contribution < -0.4 is 18.9 Å². The predicted molar refractivity (Wildman–Crippen MR) is 167 cm³/mol. The summed E-state index contributed by atoms with van der Waals surface area (Å²) in [6, 6.07) is 21.6. The topological polar surface area (TPSA) is 75.0 Å². The van der Waals surface area contributed by atoms with Crippen molar-refractivity contribution in [1.29, 1.82) is 0 Å². The van der Waals surface area contributed by atoms with Gasteiger partial charge >= 0.3 is 0 Å². The van der Waals surface area contributed by atoms with Crippen LogP contribution in [0.25, 0.3) is 11.3 Å². The molecule has 1 amide bonds. The van der Waals surface area contributed by atoms with Gasteiger partial charge in [-0.1, -0.05) is 50.2 Å². The minimum Gasteiger partial charge on any atom is -0.493 e. The molecule has 1 aromatic heterocycles. The van der Waals surface area contributed by atoms with Gasteiger partial charge in [-0.15, -0.1) is 0 Å². The molecular formula is C35H41N3O5. The van der Waals surface area contributed by atoms with E-state index in [0.717, 1.165) is 35.2 Å². The van der Waals surface area contributed by atoms with Crippen LogP contribution in [0.4, 0.5) is 0 Å². The van der Waals surface area contributed by atoms with Gasteiger partial charge < -0.3 is 23.8 Å². The van der Waals surface area contributed by atoms with Crippen LogP contribution in [0.15, 0.2) is 66.7 Å². The zero-order valence-electron chi connectivity index (χ0n) is 25.9. The van der Waals surface area contributed by atoms with Gasteiger partial charge in [0.15, 0.2) is 23.0 Å². The molecule has 1 atom stereocenters. The minimum absolute atomic E-state index is 0.0483. The zero-order valence-corrected chi connectivity index (χ0v) is 25.9. The summed E-state index contributed by atoms with van der Waals surface area (Å²) in [5.74, 6) is 3.10. The lowest BCUT2D eigenvalue weighted by molar-refractivity contribution is 0.0741. The van der Waals surface area contributed by atoms with E-state index in [4.69, 9.17) is 24.0 Å². The van der Waals surface area contributed by atoms with Crippen LogP contribution in [0.5, 0.6) is 23.0 Å². The van der Waals surface area contributed by atoms with Gasteiger partial charge in [0.1, 0.15) is 5.69 Å². The Morgan fingerprint density at radius 2 is 1.63 bits per heavy atom. The number of amides is 1. The summed E-state index contributed by atoms with van der Waals surface area (Å²) in [7, 11) is 5.06. The highest BCUT2D eigenvalue weighted by Crippen LogP contribution is 2.46. The smallest absolute Gasteiger partial charge is 0.273 e. The fourth-order valence-electron chi connectivity index (χ4n) is 5.62. The first-order valence-electron chi connectivity index (χ1n) is 14.9. The first kappa shape index (κ1) is 30.0. The van der Waals surface area contributed by atoms with Crippen LogP contribution in [-0.2, 0) is 13.5 Å². The molecule has 5 rings (SSSR count). The highest BCUT2D eigenvalue weighted by molar-refractivity contribution is 6.00. The molecule has 0 bridgehead atoms. The van der Waals surface area contributed by atoms with Crippen LogP contribution in [0.1, 0.15) is 60.4 Å². The number of carbonyl (C=O) groups excluding carboxylic acids is 1. The molecule has 43 heavy (non-hydrogen) atoms. The molecule has 0 fully saturated rings. The number of rotatable bonds is 13. The van der Waals surface area contributed by atoms with E-state index in [1.807, 2.05) is 73.5 Å². The standard InChI is InChI=1S/C35H41N3O5/c1-7-42-30-22-26(14-16-28(30)43-20-18-23(2)3)33-31-32(25-13-15-27(40-5)29(21-25)41-6)36-37(4)34(31)35(39)38(33)19-17-24-11-9-8-10-12-24/h8-16,21-23,33H,7,17-20H2,1-6H3/t33-/m1/s1. The molecule has 2 heterocycles. The van der Waals surface area contributed by atoms with E-state index in [9.17, 15) is 4.79 Å². The highest BCUT2D eigenvalue weighted by atomic mass is 16.5. The van der Waals surface area contributed by atoms with E-state index in [0.29, 0.717) is 54.4 Å². The number of fused-ring (bicyclic) bond motifs is 1. The van der Waals surface area contributed by atoms with Crippen molar-refractivity contribution in [1.82, 2.24) is 14.7 Å². The summed E-state index contributed by atoms with van der Waals surface area (Å²) in [6.07, 6.45) is 1.68. The van der Waals surface area contributed by atoms with Gasteiger partial charge in [-0.05, 0) is 67.1 Å². The van der Waals surface area contributed by atoms with Crippen molar-refractivity contribution in [3.63, 3.8) is 0 Å². The van der Waals surface area contributed by atoms with Gasteiger partial charge in [-0.25, -0.2) is 0 Å². The Morgan fingerprint density at radius 3 is 2.33 bits per heavy atom. The van der Waals surface area contributed by atoms with Crippen molar-refractivity contribution < 1.29 is 23.7 Å². The van der Waals surface area contributed by atoms with Gasteiger partial charge in [-0.3, -0.25) is 9.48 Å². The highest BCUT2D eigenvalue weighted by Gasteiger charge is 2.43. The summed E-state index contributed by atoms with van der Waals surface area (Å²) in [4.78, 5) is 16.1. The van der Waals surface area contributed by atoms with Crippen molar-refractivity contribution >= 4 is 5.91 Å². The lowest BCUT2D eigenvalue weighted by atomic mass is 9.95. The van der Waals surface area contributed by atoms with Crippen LogP contribution in [-0.4, -0.2) is 54.6 Å². The number of carbonyl (C=O) groups is 1. The molecule has 226 valence electrons. The summed E-state index contributed by atoms with van der Waals surface area (Å²) >= 11 is 0. The van der Waals surface area contributed by atoms with Gasteiger partial charge in [0.05, 0.1) is 39.2 Å². The van der Waals surface area contributed by atoms with Gasteiger partial charge in [0, 0.05) is 24.7 Å². The summed E-state index contributed by atoms with van der Waals surface area (Å²) < 4.78 is 25.0. The maximum Gasteiger partial charge on any atom is 0.273 e. The normalized spacial score (nSPS) is 14.3. The zero-order chi connectivity index (χ0) is 30.5. The molecule has 0 aliphatic carbocycles. The number of hydrogen-bond donors (Lipinski definition) is 0. The minimum atomic E-state index is -0.369. The quantitative estimate of drug-likeness (QED) is 0.174. The molecule has 0 saturated carbocycles. The Morgan fingerprint density at radius 1 is 0.884 bits per heavy atom. The maximum atomic E-state index is 14.1. The lowest BCUT2D eigenvalue weighted by Crippen LogP contribution is -2.32. The predicted octanol–water partition coefficient (Wildman–Crippen LogP) is 6.72. The van der Waals surface area contributed by atoms with Crippen LogP contribution in [0.2, 0.25) is 0 Å². The number of aromatic nitrogens is 2. The third kappa shape index (κ3) is 6.19. The second-order valence-electron chi connectivity index (χ2n) is 11.1. The largest absolute Gasteiger partial charge is 0.493 e. The van der Waals surface area contributed by atoms with Crippen molar-refractivity contribution in [3.8, 4) is 34.3 Å². The van der Waals surface area contributed by atoms with E-state index >= 15 is 0 Å². The van der Waals surface area contributed by atoms with E-state index in [2.05, 4.69) is 26.0 Å². The first-order chi connectivity index (χ1) is 20.9. The molecule has 0 unspecified atom stereocenters. The number of hydrogen-bond acceptors (Lipinski definition) is 6. The van der Waals surface area contributed by atoms with E-state index in [1.165, 1.54) is 5.56 Å². The van der Waals surface area contributed by atoms with E-state index in [-0.39, 0.29) is 11.9 Å². The number of aryl methyl sites for hydroxylation is 1. The average molecular weight is 584 g/mol. The Kier molecular flexibility index (Phi) is 9.24. The molecule has 1 aliphatic heterocycles. The molecular weight excluding hydrogens is 542 g/mol. The Hall–Kier alpha value is -4.46. The van der Waals surface area contributed by atoms with Crippen molar-refractivity contribution in [2.45, 2.75) is 39.7 Å². The van der Waals surface area contributed by atoms with Gasteiger partial charge in [0.2, 0.25) is 0 Å². The monoisotopic (exact) mass is 583 g/mol. The molecule has 1 aliphatic rings. The third-order valence-electron chi connectivity index (χ3n) is 7.81. The molecule has 8 nitrogen and oxygen atoms in total. The van der Waals surface area contributed by atoms with Crippen LogP contribution in [0, 0.1) is 5.92 Å². The van der Waals surface area contributed by atoms with Crippen LogP contribution in [0.3, 0.4) is 0 Å². The second-order valence-corrected chi connectivity index (χ2v) is 11.1. The molecule has 0 spiro atoms. The Balaban J connectivity index is 1.61. The van der Waals surface area contributed by atoms with E-state index < -0.39 is 0 Å². The fraction of sp³-hybridized carbons (Fsp3) is 0.371.